The number of hydrogen-bond donors (Lipinski definition) is 3. The van der Waals surface area contributed by atoms with Crippen LogP contribution in [0.1, 0.15) is 5.69 Å². The molecular formula is C7H6BrF3N4O. The Labute approximate surface area is 95.7 Å². The van der Waals surface area contributed by atoms with E-state index in [9.17, 15) is 18.0 Å². The maximum absolute atomic E-state index is 11.9. The molecule has 0 aliphatic carbocycles. The highest BCUT2D eigenvalue weighted by molar-refractivity contribution is 9.18. The van der Waals surface area contributed by atoms with Crippen LogP contribution >= 0.6 is 15.9 Å². The van der Waals surface area contributed by atoms with Crippen molar-refractivity contribution >= 4 is 26.2 Å². The maximum atomic E-state index is 11.9. The van der Waals surface area contributed by atoms with Gasteiger partial charge in [0.15, 0.2) is 0 Å². The van der Waals surface area contributed by atoms with Crippen molar-refractivity contribution in [3.63, 3.8) is 0 Å². The standard InChI is InChI=1S/C7H6BrF3N4O/c8-5(12)3-4(6(16)15-2-14-3)13-1-7(9,10)11/h2,12-13H,1H2,(H,14,15,16). The van der Waals surface area contributed by atoms with Gasteiger partial charge in [0.2, 0.25) is 0 Å². The number of aromatic nitrogens is 2. The van der Waals surface area contributed by atoms with E-state index in [4.69, 9.17) is 5.41 Å². The molecule has 9 heteroatoms. The van der Waals surface area contributed by atoms with Gasteiger partial charge in [0.05, 0.1) is 6.33 Å². The van der Waals surface area contributed by atoms with Gasteiger partial charge in [-0.25, -0.2) is 4.98 Å². The molecule has 0 atom stereocenters. The molecule has 88 valence electrons. The molecule has 0 bridgehead atoms. The van der Waals surface area contributed by atoms with E-state index in [0.29, 0.717) is 0 Å². The Morgan fingerprint density at radius 2 is 2.25 bits per heavy atom. The molecule has 0 saturated heterocycles. The molecular weight excluding hydrogens is 293 g/mol. The van der Waals surface area contributed by atoms with Crippen molar-refractivity contribution in [2.24, 2.45) is 0 Å². The summed E-state index contributed by atoms with van der Waals surface area (Å²) >= 11 is 2.73. The average molecular weight is 299 g/mol. The van der Waals surface area contributed by atoms with Crippen LogP contribution in [-0.2, 0) is 0 Å². The lowest BCUT2D eigenvalue weighted by Crippen LogP contribution is -2.27. The molecule has 1 aromatic heterocycles. The Hall–Kier alpha value is -1.38. The second kappa shape index (κ2) is 4.64. The Morgan fingerprint density at radius 1 is 1.62 bits per heavy atom. The van der Waals surface area contributed by atoms with Crippen molar-refractivity contribution in [2.45, 2.75) is 6.18 Å². The van der Waals surface area contributed by atoms with Crippen LogP contribution in [0.2, 0.25) is 0 Å². The number of nitrogens with zero attached hydrogens (tertiary/aromatic N) is 1. The van der Waals surface area contributed by atoms with Gasteiger partial charge in [-0.2, -0.15) is 13.2 Å². The molecule has 0 spiro atoms. The fraction of sp³-hybridized carbons (Fsp3) is 0.286. The molecule has 5 nitrogen and oxygen atoms in total. The van der Waals surface area contributed by atoms with Crippen LogP contribution in [0, 0.1) is 5.41 Å². The summed E-state index contributed by atoms with van der Waals surface area (Å²) in [7, 11) is 0. The molecule has 1 aromatic rings. The molecule has 0 radical (unpaired) electrons. The van der Waals surface area contributed by atoms with Crippen LogP contribution < -0.4 is 10.9 Å². The number of aromatic amines is 1. The minimum absolute atomic E-state index is 0.173. The van der Waals surface area contributed by atoms with Crippen molar-refractivity contribution < 1.29 is 13.2 Å². The second-order valence-corrected chi connectivity index (χ2v) is 3.53. The van der Waals surface area contributed by atoms with Crippen molar-refractivity contribution in [1.82, 2.24) is 9.97 Å². The smallest absolute Gasteiger partial charge is 0.370 e. The quantitative estimate of drug-likeness (QED) is 0.739. The molecule has 3 N–H and O–H groups in total. The topological polar surface area (TPSA) is 81.6 Å². The van der Waals surface area contributed by atoms with Gasteiger partial charge in [-0.3, -0.25) is 10.2 Å². The number of rotatable bonds is 3. The molecule has 0 aliphatic heterocycles. The summed E-state index contributed by atoms with van der Waals surface area (Å²) in [6, 6.07) is 0. The van der Waals surface area contributed by atoms with E-state index in [1.807, 2.05) is 5.32 Å². The van der Waals surface area contributed by atoms with E-state index >= 15 is 0 Å². The lowest BCUT2D eigenvalue weighted by molar-refractivity contribution is -0.115. The first-order valence-corrected chi connectivity index (χ1v) is 4.73. The van der Waals surface area contributed by atoms with Gasteiger partial charge in [0.25, 0.3) is 5.56 Å². The monoisotopic (exact) mass is 298 g/mol. The minimum atomic E-state index is -4.45. The molecule has 1 heterocycles. The molecule has 0 aromatic carbocycles. The third-order valence-electron chi connectivity index (χ3n) is 1.53. The lowest BCUT2D eigenvalue weighted by atomic mass is 10.3. The predicted octanol–water partition coefficient (Wildman–Crippen LogP) is 1.46. The zero-order valence-electron chi connectivity index (χ0n) is 7.65. The average Bonchev–Trinajstić information content (AvgIpc) is 2.13. The van der Waals surface area contributed by atoms with Gasteiger partial charge in [0.1, 0.15) is 22.5 Å². The SMILES string of the molecule is N=C(Br)c1nc[nH]c(=O)c1NCC(F)(F)F. The zero-order chi connectivity index (χ0) is 12.3. The van der Waals surface area contributed by atoms with E-state index < -0.39 is 18.3 Å². The van der Waals surface area contributed by atoms with E-state index in [-0.39, 0.29) is 16.0 Å². The molecule has 16 heavy (non-hydrogen) atoms. The van der Waals surface area contributed by atoms with E-state index in [0.717, 1.165) is 6.33 Å². The van der Waals surface area contributed by atoms with Gasteiger partial charge in [-0.1, -0.05) is 0 Å². The number of halogens is 4. The fourth-order valence-electron chi connectivity index (χ4n) is 0.919. The molecule has 0 unspecified atom stereocenters. The molecule has 0 amide bonds. The lowest BCUT2D eigenvalue weighted by Gasteiger charge is -2.10. The van der Waals surface area contributed by atoms with Gasteiger partial charge in [0, 0.05) is 0 Å². The number of hydrogen-bond acceptors (Lipinski definition) is 4. The van der Waals surface area contributed by atoms with Crippen molar-refractivity contribution in [3.8, 4) is 0 Å². The summed E-state index contributed by atoms with van der Waals surface area (Å²) in [5.41, 5.74) is -1.33. The molecule has 0 fully saturated rings. The highest BCUT2D eigenvalue weighted by Crippen LogP contribution is 2.16. The van der Waals surface area contributed by atoms with Crippen LogP contribution in [0.25, 0.3) is 0 Å². The summed E-state index contributed by atoms with van der Waals surface area (Å²) in [5, 5.41) is 9.09. The molecule has 0 aliphatic rings. The van der Waals surface area contributed by atoms with Crippen LogP contribution in [0.4, 0.5) is 18.9 Å². The largest absolute Gasteiger partial charge is 0.405 e. The highest BCUT2D eigenvalue weighted by Gasteiger charge is 2.28. The first kappa shape index (κ1) is 12.7. The first-order valence-electron chi connectivity index (χ1n) is 3.94. The van der Waals surface area contributed by atoms with E-state index in [1.165, 1.54) is 0 Å². The first-order chi connectivity index (χ1) is 7.31. The van der Waals surface area contributed by atoms with Gasteiger partial charge in [-0.05, 0) is 15.9 Å². The van der Waals surface area contributed by atoms with Crippen LogP contribution in [0.15, 0.2) is 11.1 Å². The summed E-state index contributed by atoms with van der Waals surface area (Å²) in [6.07, 6.45) is -3.44. The third-order valence-corrected chi connectivity index (χ3v) is 1.90. The highest BCUT2D eigenvalue weighted by atomic mass is 79.9. The summed E-state index contributed by atoms with van der Waals surface area (Å²) in [6.45, 7) is -1.37. The summed E-state index contributed by atoms with van der Waals surface area (Å²) < 4.78 is 35.6. The second-order valence-electron chi connectivity index (χ2n) is 2.74. The predicted molar refractivity (Wildman–Crippen MR) is 55.2 cm³/mol. The number of alkyl halides is 3. The Kier molecular flexibility index (Phi) is 3.68. The number of anilines is 1. The molecule has 1 rings (SSSR count). The maximum Gasteiger partial charge on any atom is 0.405 e. The third kappa shape index (κ3) is 3.33. The van der Waals surface area contributed by atoms with Crippen molar-refractivity contribution in [3.05, 3.63) is 22.4 Å². The normalized spacial score (nSPS) is 11.2. The van der Waals surface area contributed by atoms with E-state index in [1.54, 1.807) is 0 Å². The number of H-pyrrole nitrogens is 1. The Morgan fingerprint density at radius 3 is 2.75 bits per heavy atom. The number of nitrogens with one attached hydrogen (secondary N) is 3. The van der Waals surface area contributed by atoms with E-state index in [2.05, 4.69) is 25.9 Å². The van der Waals surface area contributed by atoms with Crippen LogP contribution in [-0.4, -0.2) is 27.3 Å². The summed E-state index contributed by atoms with van der Waals surface area (Å²) in [4.78, 5) is 16.9. The van der Waals surface area contributed by atoms with Crippen LogP contribution in [0.5, 0.6) is 0 Å². The zero-order valence-corrected chi connectivity index (χ0v) is 9.24. The Bertz CT molecular complexity index is 456. The summed E-state index contributed by atoms with van der Waals surface area (Å²) in [5.74, 6) is 0. The van der Waals surface area contributed by atoms with Gasteiger partial charge < -0.3 is 10.3 Å². The Balaban J connectivity index is 3.03. The van der Waals surface area contributed by atoms with Gasteiger partial charge in [-0.15, -0.1) is 0 Å². The minimum Gasteiger partial charge on any atom is -0.370 e. The fourth-order valence-corrected chi connectivity index (χ4v) is 1.22. The molecule has 0 saturated carbocycles. The van der Waals surface area contributed by atoms with Crippen molar-refractivity contribution in [2.75, 3.05) is 11.9 Å². The van der Waals surface area contributed by atoms with Crippen molar-refractivity contribution in [1.29, 1.82) is 5.41 Å². The van der Waals surface area contributed by atoms with Gasteiger partial charge >= 0.3 is 6.18 Å². The van der Waals surface area contributed by atoms with Crippen LogP contribution in [0.3, 0.4) is 0 Å².